The molecule has 2 N–H and O–H groups in total. The molecule has 12 heteroatoms. The lowest BCUT2D eigenvalue weighted by Crippen LogP contribution is -2.40. The van der Waals surface area contributed by atoms with Gasteiger partial charge in [0.05, 0.1) is 28.3 Å². The lowest BCUT2D eigenvalue weighted by molar-refractivity contribution is -0.114. The zero-order chi connectivity index (χ0) is 26.3. The Morgan fingerprint density at radius 3 is 2.47 bits per heavy atom. The number of sulfonamides is 2. The van der Waals surface area contributed by atoms with Crippen LogP contribution in [0.1, 0.15) is 13.8 Å². The van der Waals surface area contributed by atoms with Gasteiger partial charge in [0.2, 0.25) is 15.9 Å². The average molecular weight is 534 g/mol. The molecule has 1 heterocycles. The van der Waals surface area contributed by atoms with Crippen molar-refractivity contribution in [2.24, 2.45) is 0 Å². The second-order valence-corrected chi connectivity index (χ2v) is 11.9. The van der Waals surface area contributed by atoms with Crippen molar-refractivity contribution < 1.29 is 30.8 Å². The molecule has 0 bridgehead atoms. The van der Waals surface area contributed by atoms with E-state index in [0.717, 1.165) is 10.4 Å². The molecule has 9 nitrogen and oxygen atoms in total. The summed E-state index contributed by atoms with van der Waals surface area (Å²) in [6.07, 6.45) is 0. The Morgan fingerprint density at radius 1 is 1.06 bits per heavy atom. The second kappa shape index (κ2) is 9.52. The number of ether oxygens (including phenoxy) is 1. The first-order valence-electron chi connectivity index (χ1n) is 10.9. The Kier molecular flexibility index (Phi) is 6.78. The molecule has 0 saturated carbocycles. The molecule has 4 rings (SSSR count). The van der Waals surface area contributed by atoms with Gasteiger partial charge in [-0.2, -0.15) is 0 Å². The molecule has 1 aliphatic heterocycles. The molecule has 36 heavy (non-hydrogen) atoms. The molecule has 0 aliphatic carbocycles. The Bertz CT molecular complexity index is 1560. The van der Waals surface area contributed by atoms with Crippen molar-refractivity contribution in [2.75, 3.05) is 23.3 Å². The quantitative estimate of drug-likeness (QED) is 0.481. The van der Waals surface area contributed by atoms with E-state index in [2.05, 4.69) is 10.0 Å². The SMILES string of the molecule is COc1ccc(S(=O)(=O)NC(C)C)cc1NC(=O)CN1c2ccc(F)cc2-c2ccccc2S1(=O)=O. The molecule has 0 radical (unpaired) electrons. The monoisotopic (exact) mass is 533 g/mol. The number of hydrogen-bond donors (Lipinski definition) is 2. The zero-order valence-corrected chi connectivity index (χ0v) is 21.3. The van der Waals surface area contributed by atoms with Crippen LogP contribution >= 0.6 is 0 Å². The Labute approximate surface area is 209 Å². The maximum absolute atomic E-state index is 14.0. The number of carbonyl (C=O) groups is 1. The van der Waals surface area contributed by atoms with E-state index in [0.29, 0.717) is 11.1 Å². The van der Waals surface area contributed by atoms with Crippen LogP contribution in [0.4, 0.5) is 15.8 Å². The standard InChI is InChI=1S/C24H24FN3O6S2/c1-15(2)27-35(30,31)17-9-11-22(34-3)20(13-17)26-24(29)14-28-21-10-8-16(25)12-19(21)18-6-4-5-7-23(18)36(28,32)33/h4-13,15,27H,14H2,1-3H3,(H,26,29). The van der Waals surface area contributed by atoms with Crippen molar-refractivity contribution in [3.05, 3.63) is 66.5 Å². The predicted octanol–water partition coefficient (Wildman–Crippen LogP) is 3.34. The van der Waals surface area contributed by atoms with Gasteiger partial charge in [0, 0.05) is 17.2 Å². The van der Waals surface area contributed by atoms with Crippen molar-refractivity contribution in [3.63, 3.8) is 0 Å². The highest BCUT2D eigenvalue weighted by Crippen LogP contribution is 2.43. The summed E-state index contributed by atoms with van der Waals surface area (Å²) in [6.45, 7) is 2.70. The van der Waals surface area contributed by atoms with E-state index in [9.17, 15) is 26.0 Å². The molecule has 3 aromatic carbocycles. The molecular weight excluding hydrogens is 509 g/mol. The highest BCUT2D eigenvalue weighted by atomic mass is 32.2. The zero-order valence-electron chi connectivity index (χ0n) is 19.6. The molecule has 0 spiro atoms. The van der Waals surface area contributed by atoms with Gasteiger partial charge in [0.15, 0.2) is 0 Å². The van der Waals surface area contributed by atoms with E-state index in [4.69, 9.17) is 4.74 Å². The summed E-state index contributed by atoms with van der Waals surface area (Å²) in [5.74, 6) is -1.12. The molecule has 1 aliphatic rings. The van der Waals surface area contributed by atoms with Crippen LogP contribution in [0.25, 0.3) is 11.1 Å². The first-order valence-corrected chi connectivity index (χ1v) is 13.8. The Hall–Kier alpha value is -3.48. The summed E-state index contributed by atoms with van der Waals surface area (Å²) in [7, 11) is -6.66. The Balaban J connectivity index is 1.69. The van der Waals surface area contributed by atoms with Crippen LogP contribution in [0.3, 0.4) is 0 Å². The van der Waals surface area contributed by atoms with Gasteiger partial charge in [0.25, 0.3) is 10.0 Å². The minimum absolute atomic E-state index is 0.0447. The number of nitrogens with zero attached hydrogens (tertiary/aromatic N) is 1. The summed E-state index contributed by atoms with van der Waals surface area (Å²) in [5.41, 5.74) is 0.859. The third-order valence-corrected chi connectivity index (χ3v) is 8.88. The first kappa shape index (κ1) is 25.6. The Morgan fingerprint density at radius 2 is 1.78 bits per heavy atom. The minimum atomic E-state index is -4.14. The molecular formula is C24H24FN3O6S2. The van der Waals surface area contributed by atoms with Crippen LogP contribution < -0.4 is 19.1 Å². The highest BCUT2D eigenvalue weighted by Gasteiger charge is 2.36. The molecule has 0 saturated heterocycles. The molecule has 0 aromatic heterocycles. The van der Waals surface area contributed by atoms with Gasteiger partial charge in [-0.3, -0.25) is 9.10 Å². The number of carbonyl (C=O) groups excluding carboxylic acids is 1. The number of halogens is 1. The van der Waals surface area contributed by atoms with Gasteiger partial charge < -0.3 is 10.1 Å². The largest absolute Gasteiger partial charge is 0.495 e. The van der Waals surface area contributed by atoms with Crippen LogP contribution in [0.15, 0.2) is 70.5 Å². The highest BCUT2D eigenvalue weighted by molar-refractivity contribution is 7.93. The van der Waals surface area contributed by atoms with Crippen LogP contribution in [-0.4, -0.2) is 42.4 Å². The molecule has 190 valence electrons. The molecule has 1 amide bonds. The summed E-state index contributed by atoms with van der Waals surface area (Å²) < 4.78 is 74.6. The summed E-state index contributed by atoms with van der Waals surface area (Å²) in [4.78, 5) is 12.9. The third kappa shape index (κ3) is 4.79. The van der Waals surface area contributed by atoms with Gasteiger partial charge in [0.1, 0.15) is 18.1 Å². The van der Waals surface area contributed by atoms with E-state index in [1.54, 1.807) is 32.0 Å². The maximum atomic E-state index is 14.0. The number of hydrogen-bond acceptors (Lipinski definition) is 6. The normalized spacial score (nSPS) is 14.2. The number of rotatable bonds is 7. The number of methoxy groups -OCH3 is 1. The van der Waals surface area contributed by atoms with E-state index in [1.807, 2.05) is 0 Å². The summed E-state index contributed by atoms with van der Waals surface area (Å²) in [5, 5.41) is 2.54. The summed E-state index contributed by atoms with van der Waals surface area (Å²) >= 11 is 0. The van der Waals surface area contributed by atoms with Gasteiger partial charge >= 0.3 is 0 Å². The maximum Gasteiger partial charge on any atom is 0.265 e. The summed E-state index contributed by atoms with van der Waals surface area (Å²) in [6, 6.07) is 13.4. The minimum Gasteiger partial charge on any atom is -0.495 e. The lowest BCUT2D eigenvalue weighted by atomic mass is 10.0. The lowest BCUT2D eigenvalue weighted by Gasteiger charge is -2.31. The fourth-order valence-corrected chi connectivity index (χ4v) is 6.85. The van der Waals surface area contributed by atoms with E-state index < -0.39 is 38.3 Å². The number of anilines is 2. The first-order chi connectivity index (χ1) is 16.9. The number of fused-ring (bicyclic) bond motifs is 3. The van der Waals surface area contributed by atoms with Crippen molar-refractivity contribution in [1.29, 1.82) is 0 Å². The number of nitrogens with one attached hydrogen (secondary N) is 2. The van der Waals surface area contributed by atoms with Crippen LogP contribution in [0, 0.1) is 5.82 Å². The smallest absolute Gasteiger partial charge is 0.265 e. The fraction of sp³-hybridized carbons (Fsp3) is 0.208. The van der Waals surface area contributed by atoms with Gasteiger partial charge in [-0.1, -0.05) is 18.2 Å². The number of benzene rings is 3. The van der Waals surface area contributed by atoms with Gasteiger partial charge in [-0.25, -0.2) is 25.9 Å². The van der Waals surface area contributed by atoms with E-state index in [1.165, 1.54) is 43.5 Å². The van der Waals surface area contributed by atoms with Crippen molar-refractivity contribution in [1.82, 2.24) is 4.72 Å². The van der Waals surface area contributed by atoms with Crippen molar-refractivity contribution in [2.45, 2.75) is 29.7 Å². The van der Waals surface area contributed by atoms with Gasteiger partial charge in [-0.15, -0.1) is 0 Å². The molecule has 0 atom stereocenters. The van der Waals surface area contributed by atoms with E-state index in [-0.39, 0.29) is 33.0 Å². The van der Waals surface area contributed by atoms with E-state index >= 15 is 0 Å². The average Bonchev–Trinajstić information content (AvgIpc) is 2.81. The van der Waals surface area contributed by atoms with Crippen LogP contribution in [0.5, 0.6) is 5.75 Å². The van der Waals surface area contributed by atoms with Gasteiger partial charge in [-0.05, 0) is 56.3 Å². The number of amides is 1. The van der Waals surface area contributed by atoms with Crippen molar-refractivity contribution >= 4 is 37.3 Å². The third-order valence-electron chi connectivity index (χ3n) is 5.41. The second-order valence-electron chi connectivity index (χ2n) is 8.36. The molecule has 0 fully saturated rings. The molecule has 0 unspecified atom stereocenters. The topological polar surface area (TPSA) is 122 Å². The van der Waals surface area contributed by atoms with Crippen molar-refractivity contribution in [3.8, 4) is 16.9 Å². The van der Waals surface area contributed by atoms with Crippen LogP contribution in [-0.2, 0) is 24.8 Å². The van der Waals surface area contributed by atoms with Crippen LogP contribution in [0.2, 0.25) is 0 Å². The fourth-order valence-electron chi connectivity index (χ4n) is 3.92. The predicted molar refractivity (Wildman–Crippen MR) is 133 cm³/mol. The molecule has 3 aromatic rings.